The van der Waals surface area contributed by atoms with Crippen LogP contribution in [-0.4, -0.2) is 47.1 Å². The van der Waals surface area contributed by atoms with Crippen molar-refractivity contribution in [1.82, 2.24) is 29.5 Å². The van der Waals surface area contributed by atoms with Crippen LogP contribution in [0.25, 0.3) is 5.65 Å². The minimum Gasteiger partial charge on any atom is -0.492 e. The van der Waals surface area contributed by atoms with Crippen LogP contribution in [0.5, 0.6) is 5.88 Å². The fraction of sp³-hybridized carbons (Fsp3) is 0.400. The van der Waals surface area contributed by atoms with Gasteiger partial charge in [0.05, 0.1) is 12.4 Å². The van der Waals surface area contributed by atoms with Crippen LogP contribution in [0.15, 0.2) is 23.3 Å². The summed E-state index contributed by atoms with van der Waals surface area (Å²) >= 11 is 0. The molecule has 0 saturated heterocycles. The van der Waals surface area contributed by atoms with Gasteiger partial charge in [-0.3, -0.25) is 23.9 Å². The molecule has 168 valence electrons. The van der Waals surface area contributed by atoms with Gasteiger partial charge in [0, 0.05) is 18.7 Å². The van der Waals surface area contributed by atoms with Crippen LogP contribution in [0.2, 0.25) is 0 Å². The number of hydrogen-bond acceptors (Lipinski definition) is 8. The molecule has 1 saturated carbocycles. The molecule has 0 aromatic carbocycles. The van der Waals surface area contributed by atoms with E-state index in [1.54, 1.807) is 0 Å². The van der Waals surface area contributed by atoms with E-state index in [4.69, 9.17) is 5.73 Å². The van der Waals surface area contributed by atoms with E-state index >= 15 is 0 Å². The number of nitrogens with zero attached hydrogens (tertiary/aromatic N) is 5. The smallest absolute Gasteiger partial charge is 0.270 e. The summed E-state index contributed by atoms with van der Waals surface area (Å²) in [5.41, 5.74) is 4.22. The fourth-order valence-corrected chi connectivity index (χ4v) is 3.21. The number of nitrogens with two attached hydrogens (primary N) is 1. The lowest BCUT2D eigenvalue weighted by Crippen LogP contribution is -2.37. The molecule has 1 aliphatic carbocycles. The third kappa shape index (κ3) is 4.24. The monoisotopic (exact) mass is 440 g/mol. The standard InChI is InChI=1S/C20H24N8O4/c1-20(2,3)9-27-14-6-12(25-13-8-22-7-11(24-13)16(21)29)26-28(14)19(32)15(18(27)31)17(30)23-10-4-5-10/h6-8,10,32H,4-5,9H2,1-3H3,(H2,21,29)(H,23,30)(H,24,25,26). The average Bonchev–Trinajstić information content (AvgIpc) is 3.41. The first-order valence-corrected chi connectivity index (χ1v) is 10.1. The molecule has 0 radical (unpaired) electrons. The number of carbonyl (C=O) groups is 2. The molecule has 0 bridgehead atoms. The van der Waals surface area contributed by atoms with Crippen molar-refractivity contribution < 1.29 is 14.7 Å². The zero-order valence-corrected chi connectivity index (χ0v) is 17.9. The summed E-state index contributed by atoms with van der Waals surface area (Å²) in [5, 5.41) is 20.7. The minimum atomic E-state index is -0.737. The molecule has 0 atom stereocenters. The van der Waals surface area contributed by atoms with E-state index in [2.05, 4.69) is 25.7 Å². The Morgan fingerprint density at radius 2 is 1.97 bits per heavy atom. The van der Waals surface area contributed by atoms with E-state index in [1.807, 2.05) is 20.8 Å². The molecule has 1 aliphatic rings. The van der Waals surface area contributed by atoms with Gasteiger partial charge in [0.15, 0.2) is 17.2 Å². The SMILES string of the molecule is CC(C)(C)Cn1c(=O)c(C(=O)NC2CC2)c(O)n2nc(Nc3cncc(C(N)=O)n3)cc12. The minimum absolute atomic E-state index is 0.0130. The lowest BCUT2D eigenvalue weighted by atomic mass is 9.97. The topological polar surface area (TPSA) is 170 Å². The van der Waals surface area contributed by atoms with Gasteiger partial charge < -0.3 is 21.5 Å². The highest BCUT2D eigenvalue weighted by molar-refractivity contribution is 5.96. The zero-order valence-electron chi connectivity index (χ0n) is 17.9. The van der Waals surface area contributed by atoms with Crippen molar-refractivity contribution in [3.05, 3.63) is 40.1 Å². The summed E-state index contributed by atoms with van der Waals surface area (Å²) in [4.78, 5) is 45.2. The van der Waals surface area contributed by atoms with Gasteiger partial charge in [0.1, 0.15) is 11.3 Å². The number of anilines is 2. The maximum Gasteiger partial charge on any atom is 0.270 e. The Morgan fingerprint density at radius 1 is 1.25 bits per heavy atom. The van der Waals surface area contributed by atoms with Gasteiger partial charge in [-0.1, -0.05) is 20.8 Å². The number of primary amides is 1. The Bertz CT molecular complexity index is 1280. The number of carbonyl (C=O) groups excluding carboxylic acids is 2. The second kappa shape index (κ2) is 7.62. The maximum absolute atomic E-state index is 13.2. The summed E-state index contributed by atoms with van der Waals surface area (Å²) in [6.45, 7) is 6.13. The molecule has 0 aliphatic heterocycles. The van der Waals surface area contributed by atoms with Crippen LogP contribution in [0.1, 0.15) is 54.5 Å². The second-order valence-electron chi connectivity index (χ2n) is 8.98. The summed E-state index contributed by atoms with van der Waals surface area (Å²) in [5.74, 6) is -1.51. The molecule has 12 heteroatoms. The number of aromatic hydroxyl groups is 1. The van der Waals surface area contributed by atoms with Crippen molar-refractivity contribution in [3.63, 3.8) is 0 Å². The summed E-state index contributed by atoms with van der Waals surface area (Å²) in [6, 6.07) is 1.55. The van der Waals surface area contributed by atoms with E-state index in [9.17, 15) is 19.5 Å². The molecule has 12 nitrogen and oxygen atoms in total. The Labute approximate surface area is 182 Å². The zero-order chi connectivity index (χ0) is 23.2. The molecular formula is C20H24N8O4. The van der Waals surface area contributed by atoms with Gasteiger partial charge >= 0.3 is 0 Å². The van der Waals surface area contributed by atoms with Crippen LogP contribution in [0, 0.1) is 5.41 Å². The van der Waals surface area contributed by atoms with Crippen molar-refractivity contribution in [3.8, 4) is 5.88 Å². The second-order valence-corrected chi connectivity index (χ2v) is 8.98. The van der Waals surface area contributed by atoms with E-state index in [0.717, 1.165) is 17.4 Å². The number of nitrogens with one attached hydrogen (secondary N) is 2. The van der Waals surface area contributed by atoms with Crippen molar-refractivity contribution in [2.45, 2.75) is 46.2 Å². The van der Waals surface area contributed by atoms with Gasteiger partial charge in [-0.25, -0.2) is 4.98 Å². The Kier molecular flexibility index (Phi) is 5.07. The van der Waals surface area contributed by atoms with Gasteiger partial charge in [-0.05, 0) is 18.3 Å². The molecule has 32 heavy (non-hydrogen) atoms. The highest BCUT2D eigenvalue weighted by atomic mass is 16.3. The van der Waals surface area contributed by atoms with Crippen molar-refractivity contribution in [1.29, 1.82) is 0 Å². The first-order valence-electron chi connectivity index (χ1n) is 10.1. The van der Waals surface area contributed by atoms with Crippen molar-refractivity contribution >= 4 is 29.1 Å². The van der Waals surface area contributed by atoms with Gasteiger partial charge in [0.25, 0.3) is 17.4 Å². The van der Waals surface area contributed by atoms with E-state index in [0.29, 0.717) is 0 Å². The Hall–Kier alpha value is -3.96. The third-order valence-electron chi connectivity index (χ3n) is 4.77. The number of fused-ring (bicyclic) bond motifs is 1. The first-order chi connectivity index (χ1) is 15.0. The van der Waals surface area contributed by atoms with E-state index in [1.165, 1.54) is 23.0 Å². The summed E-state index contributed by atoms with van der Waals surface area (Å²) in [6.07, 6.45) is 4.28. The molecule has 0 spiro atoms. The highest BCUT2D eigenvalue weighted by Gasteiger charge is 2.30. The lowest BCUT2D eigenvalue weighted by molar-refractivity contribution is 0.0943. The number of hydrogen-bond donors (Lipinski definition) is 4. The average molecular weight is 440 g/mol. The molecule has 0 unspecified atom stereocenters. The number of aromatic nitrogens is 5. The van der Waals surface area contributed by atoms with E-state index < -0.39 is 23.3 Å². The lowest BCUT2D eigenvalue weighted by Gasteiger charge is -2.21. The Morgan fingerprint density at radius 3 is 2.59 bits per heavy atom. The normalized spacial score (nSPS) is 13.8. The molecule has 3 aromatic heterocycles. The maximum atomic E-state index is 13.2. The summed E-state index contributed by atoms with van der Waals surface area (Å²) in [7, 11) is 0. The molecule has 3 heterocycles. The molecule has 3 aromatic rings. The molecule has 1 fully saturated rings. The molecule has 4 rings (SSSR count). The quantitative estimate of drug-likeness (QED) is 0.435. The number of amides is 2. The van der Waals surface area contributed by atoms with Crippen LogP contribution in [0.3, 0.4) is 0 Å². The van der Waals surface area contributed by atoms with Gasteiger partial charge in [0.2, 0.25) is 5.88 Å². The number of rotatable bonds is 6. The van der Waals surface area contributed by atoms with Crippen LogP contribution in [0.4, 0.5) is 11.6 Å². The fourth-order valence-electron chi connectivity index (χ4n) is 3.21. The molecule has 5 N–H and O–H groups in total. The van der Waals surface area contributed by atoms with Crippen molar-refractivity contribution in [2.24, 2.45) is 11.1 Å². The van der Waals surface area contributed by atoms with Crippen molar-refractivity contribution in [2.75, 3.05) is 5.32 Å². The molecule has 2 amide bonds. The van der Waals surface area contributed by atoms with E-state index in [-0.39, 0.29) is 46.5 Å². The Balaban J connectivity index is 1.82. The predicted molar refractivity (Wildman–Crippen MR) is 115 cm³/mol. The largest absolute Gasteiger partial charge is 0.492 e. The summed E-state index contributed by atoms with van der Waals surface area (Å²) < 4.78 is 2.54. The van der Waals surface area contributed by atoms with Gasteiger partial charge in [-0.15, -0.1) is 5.10 Å². The first kappa shape index (κ1) is 21.3. The molecular weight excluding hydrogens is 416 g/mol. The predicted octanol–water partition coefficient (Wildman–Crippen LogP) is 0.772. The highest BCUT2D eigenvalue weighted by Crippen LogP contribution is 2.25. The third-order valence-corrected chi connectivity index (χ3v) is 4.77. The van der Waals surface area contributed by atoms with Crippen LogP contribution < -0.4 is 21.9 Å². The van der Waals surface area contributed by atoms with Crippen LogP contribution >= 0.6 is 0 Å². The van der Waals surface area contributed by atoms with Gasteiger partial charge in [-0.2, -0.15) is 4.52 Å². The van der Waals surface area contributed by atoms with Crippen LogP contribution in [-0.2, 0) is 6.54 Å².